The molecule has 5 heteroatoms. The number of aryl methyl sites for hydroxylation is 1. The standard InChI is InChI=1S/C11H14FNO3/c1-7-5-8(13)6-9(10(7)12)11(15)16-4-2-3-14/h5-6,14H,2-4,13H2,1H3. The maximum absolute atomic E-state index is 13.5. The minimum Gasteiger partial charge on any atom is -0.462 e. The summed E-state index contributed by atoms with van der Waals surface area (Å²) in [5, 5.41) is 8.51. The number of anilines is 1. The molecule has 0 unspecified atom stereocenters. The summed E-state index contributed by atoms with van der Waals surface area (Å²) >= 11 is 0. The van der Waals surface area contributed by atoms with Crippen molar-refractivity contribution >= 4 is 11.7 Å². The van der Waals surface area contributed by atoms with Gasteiger partial charge < -0.3 is 15.6 Å². The van der Waals surface area contributed by atoms with Crippen LogP contribution in [0.1, 0.15) is 22.3 Å². The summed E-state index contributed by atoms with van der Waals surface area (Å²) in [6.45, 7) is 1.50. The predicted molar refractivity (Wildman–Crippen MR) is 57.5 cm³/mol. The zero-order valence-electron chi connectivity index (χ0n) is 9.00. The Balaban J connectivity index is 2.82. The number of nitrogen functional groups attached to an aromatic ring is 1. The van der Waals surface area contributed by atoms with Crippen molar-refractivity contribution in [3.63, 3.8) is 0 Å². The molecule has 0 radical (unpaired) electrons. The summed E-state index contributed by atoms with van der Waals surface area (Å²) in [6.07, 6.45) is 0.328. The molecule has 0 saturated heterocycles. The number of aliphatic hydroxyl groups is 1. The number of ether oxygens (including phenoxy) is 1. The highest BCUT2D eigenvalue weighted by Crippen LogP contribution is 2.17. The maximum Gasteiger partial charge on any atom is 0.341 e. The van der Waals surface area contributed by atoms with Crippen LogP contribution < -0.4 is 5.73 Å². The fourth-order valence-corrected chi connectivity index (χ4v) is 1.25. The molecule has 0 spiro atoms. The van der Waals surface area contributed by atoms with E-state index in [2.05, 4.69) is 0 Å². The molecule has 0 aliphatic heterocycles. The third-order valence-electron chi connectivity index (χ3n) is 2.03. The first-order valence-corrected chi connectivity index (χ1v) is 4.90. The number of hydrogen-bond donors (Lipinski definition) is 2. The Morgan fingerprint density at radius 1 is 1.56 bits per heavy atom. The van der Waals surface area contributed by atoms with Crippen molar-refractivity contribution in [1.29, 1.82) is 0 Å². The van der Waals surface area contributed by atoms with E-state index in [4.69, 9.17) is 15.6 Å². The summed E-state index contributed by atoms with van der Waals surface area (Å²) in [5.41, 5.74) is 5.95. The molecule has 0 aromatic heterocycles. The Morgan fingerprint density at radius 2 is 2.25 bits per heavy atom. The second kappa shape index (κ2) is 5.46. The average Bonchev–Trinajstić information content (AvgIpc) is 2.23. The van der Waals surface area contributed by atoms with Crippen molar-refractivity contribution in [2.45, 2.75) is 13.3 Å². The zero-order valence-corrected chi connectivity index (χ0v) is 9.00. The highest BCUT2D eigenvalue weighted by molar-refractivity contribution is 5.91. The molecular formula is C11H14FNO3. The van der Waals surface area contributed by atoms with E-state index in [1.165, 1.54) is 19.1 Å². The summed E-state index contributed by atoms with van der Waals surface area (Å²) in [7, 11) is 0. The first-order chi connectivity index (χ1) is 7.56. The second-order valence-electron chi connectivity index (χ2n) is 3.41. The van der Waals surface area contributed by atoms with E-state index >= 15 is 0 Å². The van der Waals surface area contributed by atoms with Gasteiger partial charge >= 0.3 is 5.97 Å². The molecule has 0 atom stereocenters. The molecule has 0 heterocycles. The lowest BCUT2D eigenvalue weighted by atomic mass is 10.1. The van der Waals surface area contributed by atoms with Crippen LogP contribution in [0.2, 0.25) is 0 Å². The van der Waals surface area contributed by atoms with E-state index in [-0.39, 0.29) is 18.8 Å². The minimum atomic E-state index is -0.763. The van der Waals surface area contributed by atoms with Gasteiger partial charge in [0, 0.05) is 18.7 Å². The van der Waals surface area contributed by atoms with Crippen LogP contribution in [0.5, 0.6) is 0 Å². The van der Waals surface area contributed by atoms with Gasteiger partial charge in [-0.1, -0.05) is 0 Å². The van der Waals surface area contributed by atoms with Gasteiger partial charge in [-0.2, -0.15) is 0 Å². The van der Waals surface area contributed by atoms with Gasteiger partial charge in [0.2, 0.25) is 0 Å². The van der Waals surface area contributed by atoms with Crippen molar-refractivity contribution in [3.8, 4) is 0 Å². The van der Waals surface area contributed by atoms with Crippen LogP contribution in [0.15, 0.2) is 12.1 Å². The van der Waals surface area contributed by atoms with Crippen molar-refractivity contribution < 1.29 is 19.0 Å². The van der Waals surface area contributed by atoms with E-state index in [9.17, 15) is 9.18 Å². The molecule has 3 N–H and O–H groups in total. The summed E-state index contributed by atoms with van der Waals surface area (Å²) < 4.78 is 18.3. The molecule has 0 saturated carbocycles. The van der Waals surface area contributed by atoms with Crippen molar-refractivity contribution in [1.82, 2.24) is 0 Å². The molecule has 1 aromatic rings. The molecule has 0 aliphatic rings. The normalized spacial score (nSPS) is 10.2. The van der Waals surface area contributed by atoms with Crippen LogP contribution in [-0.2, 0) is 4.74 Å². The van der Waals surface area contributed by atoms with E-state index in [0.717, 1.165) is 0 Å². The van der Waals surface area contributed by atoms with Crippen LogP contribution >= 0.6 is 0 Å². The minimum absolute atomic E-state index is 0.0582. The summed E-state index contributed by atoms with van der Waals surface area (Å²) in [4.78, 5) is 11.4. The van der Waals surface area contributed by atoms with E-state index < -0.39 is 11.8 Å². The average molecular weight is 227 g/mol. The molecule has 0 fully saturated rings. The lowest BCUT2D eigenvalue weighted by molar-refractivity contribution is 0.0476. The van der Waals surface area contributed by atoms with Crippen molar-refractivity contribution in [2.24, 2.45) is 0 Å². The van der Waals surface area contributed by atoms with Gasteiger partial charge in [-0.15, -0.1) is 0 Å². The highest BCUT2D eigenvalue weighted by Gasteiger charge is 2.15. The molecule has 4 nitrogen and oxygen atoms in total. The van der Waals surface area contributed by atoms with E-state index in [1.807, 2.05) is 0 Å². The van der Waals surface area contributed by atoms with E-state index in [1.54, 1.807) is 0 Å². The van der Waals surface area contributed by atoms with Gasteiger partial charge in [-0.3, -0.25) is 0 Å². The molecule has 0 bridgehead atoms. The summed E-state index contributed by atoms with van der Waals surface area (Å²) in [6, 6.07) is 2.68. The van der Waals surface area contributed by atoms with Gasteiger partial charge in [-0.05, 0) is 24.6 Å². The first-order valence-electron chi connectivity index (χ1n) is 4.90. The fourth-order valence-electron chi connectivity index (χ4n) is 1.25. The highest BCUT2D eigenvalue weighted by atomic mass is 19.1. The number of rotatable bonds is 4. The van der Waals surface area contributed by atoms with Gasteiger partial charge in [-0.25, -0.2) is 9.18 Å². The predicted octanol–water partition coefficient (Wildman–Crippen LogP) is 1.26. The van der Waals surface area contributed by atoms with Gasteiger partial charge in [0.05, 0.1) is 12.2 Å². The maximum atomic E-state index is 13.5. The second-order valence-corrected chi connectivity index (χ2v) is 3.41. The Hall–Kier alpha value is -1.62. The lowest BCUT2D eigenvalue weighted by Crippen LogP contribution is -2.11. The van der Waals surface area contributed by atoms with Crippen LogP contribution in [0.4, 0.5) is 10.1 Å². The van der Waals surface area contributed by atoms with Gasteiger partial charge in [0.15, 0.2) is 0 Å². The number of carbonyl (C=O) groups is 1. The molecule has 0 aliphatic carbocycles. The number of carbonyl (C=O) groups excluding carboxylic acids is 1. The molecule has 16 heavy (non-hydrogen) atoms. The van der Waals surface area contributed by atoms with Crippen LogP contribution in [0.25, 0.3) is 0 Å². The largest absolute Gasteiger partial charge is 0.462 e. The van der Waals surface area contributed by atoms with Gasteiger partial charge in [0.1, 0.15) is 5.82 Å². The fraction of sp³-hybridized carbons (Fsp3) is 0.364. The van der Waals surface area contributed by atoms with Crippen LogP contribution in [-0.4, -0.2) is 24.3 Å². The van der Waals surface area contributed by atoms with Crippen LogP contribution in [0, 0.1) is 12.7 Å². The lowest BCUT2D eigenvalue weighted by Gasteiger charge is -2.07. The zero-order chi connectivity index (χ0) is 12.1. The van der Waals surface area contributed by atoms with Crippen LogP contribution in [0.3, 0.4) is 0 Å². The molecule has 1 aromatic carbocycles. The van der Waals surface area contributed by atoms with Gasteiger partial charge in [0.25, 0.3) is 0 Å². The SMILES string of the molecule is Cc1cc(N)cc(C(=O)OCCCO)c1F. The third-order valence-corrected chi connectivity index (χ3v) is 2.03. The topological polar surface area (TPSA) is 72.6 Å². The third kappa shape index (κ3) is 2.93. The van der Waals surface area contributed by atoms with E-state index in [0.29, 0.717) is 17.7 Å². The monoisotopic (exact) mass is 227 g/mol. The number of benzene rings is 1. The number of aliphatic hydroxyl groups excluding tert-OH is 1. The summed E-state index contributed by atoms with van der Waals surface area (Å²) in [5.74, 6) is -1.38. The van der Waals surface area contributed by atoms with Crippen molar-refractivity contribution in [2.75, 3.05) is 18.9 Å². The molecule has 0 amide bonds. The number of nitrogens with two attached hydrogens (primary N) is 1. The number of hydrogen-bond acceptors (Lipinski definition) is 4. The Kier molecular flexibility index (Phi) is 4.25. The first kappa shape index (κ1) is 12.4. The quantitative estimate of drug-likeness (QED) is 0.461. The smallest absolute Gasteiger partial charge is 0.341 e. The molecule has 1 rings (SSSR count). The van der Waals surface area contributed by atoms with Crippen molar-refractivity contribution in [3.05, 3.63) is 29.1 Å². The Labute approximate surface area is 92.8 Å². The Bertz CT molecular complexity index is 393. The number of halogens is 1. The number of esters is 1. The molecule has 88 valence electrons. The molecular weight excluding hydrogens is 213 g/mol. The Morgan fingerprint density at radius 3 is 2.88 bits per heavy atom.